The summed E-state index contributed by atoms with van der Waals surface area (Å²) in [6.45, 7) is 5.94. The Morgan fingerprint density at radius 3 is 2.68 bits per heavy atom. The molecule has 0 fully saturated rings. The SMILES string of the molecule is COc1ccccc1C(NC(=O)c1cc2cnn(C(C)C)c2nc1C)c1nccn1C. The molecule has 1 aromatic carbocycles. The summed E-state index contributed by atoms with van der Waals surface area (Å²) in [5.74, 6) is 1.15. The van der Waals surface area contributed by atoms with E-state index in [4.69, 9.17) is 4.74 Å². The van der Waals surface area contributed by atoms with Gasteiger partial charge in [0, 0.05) is 36.4 Å². The van der Waals surface area contributed by atoms with Crippen LogP contribution in [0.4, 0.5) is 0 Å². The van der Waals surface area contributed by atoms with E-state index in [0.717, 1.165) is 16.6 Å². The molecule has 8 heteroatoms. The quantitative estimate of drug-likeness (QED) is 0.517. The van der Waals surface area contributed by atoms with Crippen molar-refractivity contribution < 1.29 is 9.53 Å². The van der Waals surface area contributed by atoms with Crippen molar-refractivity contribution >= 4 is 16.9 Å². The lowest BCUT2D eigenvalue weighted by atomic mass is 10.0. The molecule has 4 aromatic rings. The Bertz CT molecular complexity index is 1240. The highest BCUT2D eigenvalue weighted by molar-refractivity contribution is 5.98. The van der Waals surface area contributed by atoms with E-state index in [1.807, 2.05) is 59.7 Å². The van der Waals surface area contributed by atoms with E-state index in [1.54, 1.807) is 19.5 Å². The van der Waals surface area contributed by atoms with E-state index in [9.17, 15) is 4.79 Å². The average Bonchev–Trinajstić information content (AvgIpc) is 3.37. The minimum absolute atomic E-state index is 0.183. The molecule has 0 aliphatic carbocycles. The van der Waals surface area contributed by atoms with Crippen molar-refractivity contribution in [1.82, 2.24) is 29.6 Å². The van der Waals surface area contributed by atoms with Crippen LogP contribution in [0.15, 0.2) is 48.9 Å². The van der Waals surface area contributed by atoms with Crippen LogP contribution < -0.4 is 10.1 Å². The second-order valence-electron chi connectivity index (χ2n) is 7.76. The second-order valence-corrected chi connectivity index (χ2v) is 7.76. The maximum absolute atomic E-state index is 13.4. The number of rotatable bonds is 6. The number of benzene rings is 1. The molecule has 0 saturated heterocycles. The summed E-state index contributed by atoms with van der Waals surface area (Å²) in [4.78, 5) is 22.5. The van der Waals surface area contributed by atoms with Gasteiger partial charge in [-0.1, -0.05) is 18.2 Å². The largest absolute Gasteiger partial charge is 0.496 e. The number of aromatic nitrogens is 5. The van der Waals surface area contributed by atoms with Gasteiger partial charge in [-0.3, -0.25) is 4.79 Å². The lowest BCUT2D eigenvalue weighted by molar-refractivity contribution is 0.0940. The molecule has 1 N–H and O–H groups in total. The van der Waals surface area contributed by atoms with Gasteiger partial charge in [-0.2, -0.15) is 5.10 Å². The van der Waals surface area contributed by atoms with Crippen LogP contribution >= 0.6 is 0 Å². The number of nitrogens with one attached hydrogen (secondary N) is 1. The summed E-state index contributed by atoms with van der Waals surface area (Å²) in [7, 11) is 3.51. The predicted octanol–water partition coefficient (Wildman–Crippen LogP) is 3.58. The molecule has 0 aliphatic rings. The highest BCUT2D eigenvalue weighted by Crippen LogP contribution is 2.29. The van der Waals surface area contributed by atoms with Crippen molar-refractivity contribution in [3.8, 4) is 5.75 Å². The number of hydrogen-bond acceptors (Lipinski definition) is 5. The Morgan fingerprint density at radius 1 is 1.23 bits per heavy atom. The van der Waals surface area contributed by atoms with Gasteiger partial charge in [-0.25, -0.2) is 14.6 Å². The van der Waals surface area contributed by atoms with Crippen molar-refractivity contribution in [1.29, 1.82) is 0 Å². The molecule has 0 radical (unpaired) electrons. The van der Waals surface area contributed by atoms with E-state index in [1.165, 1.54) is 0 Å². The fourth-order valence-electron chi connectivity index (χ4n) is 3.72. The molecule has 0 bridgehead atoms. The zero-order valence-corrected chi connectivity index (χ0v) is 18.3. The number of fused-ring (bicyclic) bond motifs is 1. The number of pyridine rings is 1. The first-order valence-electron chi connectivity index (χ1n) is 10.2. The van der Waals surface area contributed by atoms with Crippen LogP contribution in [-0.4, -0.2) is 37.3 Å². The van der Waals surface area contributed by atoms with E-state index in [-0.39, 0.29) is 11.9 Å². The number of aryl methyl sites for hydroxylation is 2. The van der Waals surface area contributed by atoms with Crippen molar-refractivity contribution in [2.24, 2.45) is 7.05 Å². The molecule has 8 nitrogen and oxygen atoms in total. The molecule has 0 aliphatic heterocycles. The maximum atomic E-state index is 13.4. The molecule has 1 unspecified atom stereocenters. The second kappa shape index (κ2) is 8.22. The maximum Gasteiger partial charge on any atom is 0.254 e. The van der Waals surface area contributed by atoms with Crippen LogP contribution in [0, 0.1) is 6.92 Å². The zero-order valence-electron chi connectivity index (χ0n) is 18.3. The van der Waals surface area contributed by atoms with Gasteiger partial charge in [0.05, 0.1) is 24.6 Å². The zero-order chi connectivity index (χ0) is 22.1. The van der Waals surface area contributed by atoms with Gasteiger partial charge in [0.2, 0.25) is 0 Å². The van der Waals surface area contributed by atoms with Gasteiger partial charge >= 0.3 is 0 Å². The summed E-state index contributed by atoms with van der Waals surface area (Å²) in [6.07, 6.45) is 5.31. The number of nitrogens with zero attached hydrogens (tertiary/aromatic N) is 5. The Kier molecular flexibility index (Phi) is 5.46. The first-order chi connectivity index (χ1) is 14.9. The topological polar surface area (TPSA) is 86.9 Å². The number of hydrogen-bond donors (Lipinski definition) is 1. The third-order valence-electron chi connectivity index (χ3n) is 5.34. The van der Waals surface area contributed by atoms with E-state index in [2.05, 4.69) is 34.2 Å². The van der Waals surface area contributed by atoms with Gasteiger partial charge < -0.3 is 14.6 Å². The fraction of sp³-hybridized carbons (Fsp3) is 0.304. The molecular weight excluding hydrogens is 392 g/mol. The van der Waals surface area contributed by atoms with E-state index < -0.39 is 6.04 Å². The Balaban J connectivity index is 1.75. The molecule has 3 aromatic heterocycles. The number of ether oxygens (including phenoxy) is 1. The third-order valence-corrected chi connectivity index (χ3v) is 5.34. The number of carbonyl (C=O) groups is 1. The predicted molar refractivity (Wildman–Crippen MR) is 118 cm³/mol. The smallest absolute Gasteiger partial charge is 0.254 e. The van der Waals surface area contributed by atoms with Crippen LogP contribution in [0.1, 0.15) is 53.4 Å². The lowest BCUT2D eigenvalue weighted by Gasteiger charge is -2.21. The molecule has 31 heavy (non-hydrogen) atoms. The summed E-state index contributed by atoms with van der Waals surface area (Å²) >= 11 is 0. The number of carbonyl (C=O) groups excluding carboxylic acids is 1. The molecule has 160 valence electrons. The summed E-state index contributed by atoms with van der Waals surface area (Å²) < 4.78 is 9.29. The van der Waals surface area contributed by atoms with Crippen molar-refractivity contribution in [2.75, 3.05) is 7.11 Å². The van der Waals surface area contributed by atoms with Gasteiger partial charge in [-0.15, -0.1) is 0 Å². The number of methoxy groups -OCH3 is 1. The number of imidazole rings is 1. The number of amides is 1. The average molecular weight is 419 g/mol. The molecule has 3 heterocycles. The first-order valence-corrected chi connectivity index (χ1v) is 10.2. The Morgan fingerprint density at radius 2 is 2.00 bits per heavy atom. The highest BCUT2D eigenvalue weighted by Gasteiger charge is 2.25. The molecule has 0 saturated carbocycles. The van der Waals surface area contributed by atoms with Crippen LogP contribution in [0.5, 0.6) is 5.75 Å². The molecule has 1 atom stereocenters. The van der Waals surface area contributed by atoms with Crippen LogP contribution in [-0.2, 0) is 7.05 Å². The van der Waals surface area contributed by atoms with Crippen molar-refractivity contribution in [3.63, 3.8) is 0 Å². The highest BCUT2D eigenvalue weighted by atomic mass is 16.5. The van der Waals surface area contributed by atoms with Crippen molar-refractivity contribution in [2.45, 2.75) is 32.9 Å². The molecule has 0 spiro atoms. The molecule has 1 amide bonds. The minimum atomic E-state index is -0.489. The van der Waals surface area contributed by atoms with E-state index in [0.29, 0.717) is 22.8 Å². The molecule has 4 rings (SSSR count). The van der Waals surface area contributed by atoms with Crippen LogP contribution in [0.25, 0.3) is 11.0 Å². The summed E-state index contributed by atoms with van der Waals surface area (Å²) in [5, 5.41) is 8.37. The van der Waals surface area contributed by atoms with Crippen LogP contribution in [0.2, 0.25) is 0 Å². The van der Waals surface area contributed by atoms with Crippen LogP contribution in [0.3, 0.4) is 0 Å². The minimum Gasteiger partial charge on any atom is -0.496 e. The summed E-state index contributed by atoms with van der Waals surface area (Å²) in [5.41, 5.74) is 2.75. The lowest BCUT2D eigenvalue weighted by Crippen LogP contribution is -2.32. The van der Waals surface area contributed by atoms with E-state index >= 15 is 0 Å². The standard InChI is InChI=1S/C23H26N6O2/c1-14(2)29-21-16(13-25-29)12-18(15(3)26-21)23(30)27-20(22-24-10-11-28(22)4)17-8-6-7-9-19(17)31-5/h6-14,20H,1-5H3,(H,27,30). The van der Waals surface area contributed by atoms with Gasteiger partial charge in [-0.05, 0) is 32.9 Å². The molecular formula is C23H26N6O2. The fourth-order valence-corrected chi connectivity index (χ4v) is 3.72. The Hall–Kier alpha value is -3.68. The summed E-state index contributed by atoms with van der Waals surface area (Å²) in [6, 6.07) is 9.15. The normalized spacial score (nSPS) is 12.3. The van der Waals surface area contributed by atoms with Gasteiger partial charge in [0.25, 0.3) is 5.91 Å². The Labute approximate surface area is 180 Å². The third kappa shape index (κ3) is 3.76. The van der Waals surface area contributed by atoms with Gasteiger partial charge in [0.1, 0.15) is 17.6 Å². The first kappa shape index (κ1) is 20.6. The monoisotopic (exact) mass is 418 g/mol. The number of para-hydroxylation sites is 1. The van der Waals surface area contributed by atoms with Crippen molar-refractivity contribution in [3.05, 3.63) is 71.6 Å². The van der Waals surface area contributed by atoms with Gasteiger partial charge in [0.15, 0.2) is 5.65 Å².